The summed E-state index contributed by atoms with van der Waals surface area (Å²) in [6, 6.07) is 3.73. The predicted octanol–water partition coefficient (Wildman–Crippen LogP) is 1.73. The van der Waals surface area contributed by atoms with Crippen LogP contribution in [0.1, 0.15) is 25.7 Å². The molecule has 2 aliphatic rings. The zero-order valence-electron chi connectivity index (χ0n) is 11.8. The van der Waals surface area contributed by atoms with Gasteiger partial charge in [-0.25, -0.2) is 4.98 Å². The molecule has 0 spiro atoms. The van der Waals surface area contributed by atoms with E-state index in [9.17, 15) is 9.59 Å². The van der Waals surface area contributed by atoms with Crippen molar-refractivity contribution in [2.45, 2.75) is 25.7 Å². The fraction of sp³-hybridized carbons (Fsp3) is 0.533. The van der Waals surface area contributed by atoms with Gasteiger partial charge in [0.05, 0.1) is 23.7 Å². The van der Waals surface area contributed by atoms with Gasteiger partial charge < -0.3 is 15.3 Å². The summed E-state index contributed by atoms with van der Waals surface area (Å²) in [6.45, 7) is 2.06. The molecule has 2 N–H and O–H groups in total. The summed E-state index contributed by atoms with van der Waals surface area (Å²) in [5, 5.41) is 11.6. The second-order valence-electron chi connectivity index (χ2n) is 5.73. The SMILES string of the molecule is O=C(O)[C@H]1C[C@H]1C(=O)Nc1ccc(N2CCCCC2)nc1. The van der Waals surface area contributed by atoms with Crippen molar-refractivity contribution in [1.82, 2.24) is 4.98 Å². The third-order valence-corrected chi connectivity index (χ3v) is 4.14. The molecule has 1 saturated carbocycles. The molecule has 1 aliphatic heterocycles. The molecule has 6 heteroatoms. The molecule has 1 aromatic heterocycles. The number of pyridine rings is 1. The highest BCUT2D eigenvalue weighted by atomic mass is 16.4. The molecule has 3 rings (SSSR count). The molecule has 6 nitrogen and oxygen atoms in total. The summed E-state index contributed by atoms with van der Waals surface area (Å²) in [6.07, 6.45) is 5.73. The van der Waals surface area contributed by atoms with Crippen LogP contribution in [0, 0.1) is 11.8 Å². The Hall–Kier alpha value is -2.11. The minimum Gasteiger partial charge on any atom is -0.481 e. The molecule has 1 amide bonds. The first kappa shape index (κ1) is 13.9. The van der Waals surface area contributed by atoms with E-state index < -0.39 is 17.8 Å². The maximum atomic E-state index is 11.9. The van der Waals surface area contributed by atoms with E-state index in [1.807, 2.05) is 12.1 Å². The number of amides is 1. The number of nitrogens with one attached hydrogen (secondary N) is 1. The molecule has 0 bridgehead atoms. The molecule has 0 aromatic carbocycles. The average Bonchev–Trinajstić information content (AvgIpc) is 3.30. The predicted molar refractivity (Wildman–Crippen MR) is 78.2 cm³/mol. The maximum Gasteiger partial charge on any atom is 0.307 e. The number of nitrogens with zero attached hydrogens (tertiary/aromatic N) is 2. The summed E-state index contributed by atoms with van der Waals surface area (Å²) < 4.78 is 0. The molecule has 1 aliphatic carbocycles. The summed E-state index contributed by atoms with van der Waals surface area (Å²) in [5.41, 5.74) is 0.622. The summed E-state index contributed by atoms with van der Waals surface area (Å²) in [5.74, 6) is -1.11. The maximum absolute atomic E-state index is 11.9. The van der Waals surface area contributed by atoms with Gasteiger partial charge in [-0.1, -0.05) is 0 Å². The van der Waals surface area contributed by atoms with Crippen molar-refractivity contribution in [3.8, 4) is 0 Å². The van der Waals surface area contributed by atoms with Crippen LogP contribution in [-0.2, 0) is 9.59 Å². The summed E-state index contributed by atoms with van der Waals surface area (Å²) in [4.78, 5) is 29.2. The molecule has 2 atom stereocenters. The van der Waals surface area contributed by atoms with Crippen LogP contribution in [0.2, 0.25) is 0 Å². The molecule has 0 unspecified atom stereocenters. The molecule has 0 radical (unpaired) electrons. The van der Waals surface area contributed by atoms with Crippen molar-refractivity contribution in [2.75, 3.05) is 23.3 Å². The smallest absolute Gasteiger partial charge is 0.307 e. The van der Waals surface area contributed by atoms with E-state index in [2.05, 4.69) is 15.2 Å². The first-order chi connectivity index (χ1) is 10.1. The molecule has 1 saturated heterocycles. The number of carboxylic acid groups (broad SMARTS) is 1. The monoisotopic (exact) mass is 289 g/mol. The number of anilines is 2. The van der Waals surface area contributed by atoms with Crippen LogP contribution in [0.4, 0.5) is 11.5 Å². The molecular weight excluding hydrogens is 270 g/mol. The Kier molecular flexibility index (Phi) is 3.77. The Bertz CT molecular complexity index is 538. The van der Waals surface area contributed by atoms with Crippen LogP contribution < -0.4 is 10.2 Å². The Morgan fingerprint density at radius 2 is 1.95 bits per heavy atom. The number of hydrogen-bond acceptors (Lipinski definition) is 4. The minimum atomic E-state index is -0.895. The number of carbonyl (C=O) groups is 2. The van der Waals surface area contributed by atoms with E-state index in [0.717, 1.165) is 18.9 Å². The van der Waals surface area contributed by atoms with Crippen molar-refractivity contribution in [2.24, 2.45) is 11.8 Å². The number of hydrogen-bond donors (Lipinski definition) is 2. The first-order valence-corrected chi connectivity index (χ1v) is 7.40. The highest BCUT2D eigenvalue weighted by Gasteiger charge is 2.48. The molecule has 1 aromatic rings. The second-order valence-corrected chi connectivity index (χ2v) is 5.73. The van der Waals surface area contributed by atoms with Gasteiger partial charge in [-0.05, 0) is 37.8 Å². The number of piperidine rings is 1. The van der Waals surface area contributed by atoms with E-state index >= 15 is 0 Å². The average molecular weight is 289 g/mol. The summed E-state index contributed by atoms with van der Waals surface area (Å²) in [7, 11) is 0. The van der Waals surface area contributed by atoms with E-state index in [-0.39, 0.29) is 5.91 Å². The quantitative estimate of drug-likeness (QED) is 0.882. The highest BCUT2D eigenvalue weighted by molar-refractivity contribution is 5.98. The molecule has 112 valence electrons. The second kappa shape index (κ2) is 5.71. The van der Waals surface area contributed by atoms with Crippen LogP contribution in [0.5, 0.6) is 0 Å². The fourth-order valence-corrected chi connectivity index (χ4v) is 2.76. The van der Waals surface area contributed by atoms with Gasteiger partial charge in [-0.3, -0.25) is 9.59 Å². The highest BCUT2D eigenvalue weighted by Crippen LogP contribution is 2.39. The lowest BCUT2D eigenvalue weighted by Gasteiger charge is -2.27. The Balaban J connectivity index is 1.57. The van der Waals surface area contributed by atoms with Gasteiger partial charge in [0.2, 0.25) is 5.91 Å². The topological polar surface area (TPSA) is 82.5 Å². The van der Waals surface area contributed by atoms with Crippen molar-refractivity contribution in [3.63, 3.8) is 0 Å². The third kappa shape index (κ3) is 3.15. The van der Waals surface area contributed by atoms with Gasteiger partial charge in [0, 0.05) is 13.1 Å². The lowest BCUT2D eigenvalue weighted by atomic mass is 10.1. The Morgan fingerprint density at radius 1 is 1.19 bits per heavy atom. The van der Waals surface area contributed by atoms with Crippen molar-refractivity contribution < 1.29 is 14.7 Å². The normalized spacial score (nSPS) is 24.5. The molecule has 2 heterocycles. The number of aromatic nitrogens is 1. The van der Waals surface area contributed by atoms with Gasteiger partial charge >= 0.3 is 5.97 Å². The number of carbonyl (C=O) groups excluding carboxylic acids is 1. The number of aliphatic carboxylic acids is 1. The lowest BCUT2D eigenvalue weighted by Crippen LogP contribution is -2.30. The van der Waals surface area contributed by atoms with Gasteiger partial charge in [0.25, 0.3) is 0 Å². The van der Waals surface area contributed by atoms with Crippen LogP contribution in [-0.4, -0.2) is 35.1 Å². The van der Waals surface area contributed by atoms with E-state index in [0.29, 0.717) is 12.1 Å². The van der Waals surface area contributed by atoms with E-state index in [4.69, 9.17) is 5.11 Å². The van der Waals surface area contributed by atoms with Crippen molar-refractivity contribution in [1.29, 1.82) is 0 Å². The zero-order valence-corrected chi connectivity index (χ0v) is 11.8. The van der Waals surface area contributed by atoms with E-state index in [1.165, 1.54) is 19.3 Å². The van der Waals surface area contributed by atoms with Crippen LogP contribution in [0.3, 0.4) is 0 Å². The fourth-order valence-electron chi connectivity index (χ4n) is 2.76. The van der Waals surface area contributed by atoms with Gasteiger partial charge in [-0.15, -0.1) is 0 Å². The number of carboxylic acids is 1. The van der Waals surface area contributed by atoms with E-state index in [1.54, 1.807) is 6.20 Å². The number of rotatable bonds is 4. The third-order valence-electron chi connectivity index (χ3n) is 4.14. The van der Waals surface area contributed by atoms with Crippen molar-refractivity contribution >= 4 is 23.4 Å². The van der Waals surface area contributed by atoms with Gasteiger partial charge in [0.15, 0.2) is 0 Å². The summed E-state index contributed by atoms with van der Waals surface area (Å²) >= 11 is 0. The largest absolute Gasteiger partial charge is 0.481 e. The first-order valence-electron chi connectivity index (χ1n) is 7.40. The Morgan fingerprint density at radius 3 is 2.52 bits per heavy atom. The minimum absolute atomic E-state index is 0.227. The van der Waals surface area contributed by atoms with Crippen molar-refractivity contribution in [3.05, 3.63) is 18.3 Å². The Labute approximate surface area is 123 Å². The van der Waals surface area contributed by atoms with Gasteiger partial charge in [-0.2, -0.15) is 0 Å². The lowest BCUT2D eigenvalue weighted by molar-refractivity contribution is -0.139. The standard InChI is InChI=1S/C15H19N3O3/c19-14(11-8-12(11)15(20)21)17-10-4-5-13(16-9-10)18-6-2-1-3-7-18/h4-5,9,11-12H,1-3,6-8H2,(H,17,19)(H,20,21)/t11-,12+/m1/s1. The molecule has 2 fully saturated rings. The van der Waals surface area contributed by atoms with Gasteiger partial charge in [0.1, 0.15) is 5.82 Å². The molecular formula is C15H19N3O3. The van der Waals surface area contributed by atoms with Crippen LogP contribution in [0.25, 0.3) is 0 Å². The van der Waals surface area contributed by atoms with Crippen LogP contribution in [0.15, 0.2) is 18.3 Å². The zero-order chi connectivity index (χ0) is 14.8. The van der Waals surface area contributed by atoms with Crippen LogP contribution >= 0.6 is 0 Å². The molecule has 21 heavy (non-hydrogen) atoms.